The first kappa shape index (κ1) is 15.7. The maximum atomic E-state index is 13.7. The summed E-state index contributed by atoms with van der Waals surface area (Å²) in [5.74, 6) is -0.780. The van der Waals surface area contributed by atoms with Gasteiger partial charge in [-0.2, -0.15) is 0 Å². The van der Waals surface area contributed by atoms with Gasteiger partial charge in [-0.3, -0.25) is 4.79 Å². The lowest BCUT2D eigenvalue weighted by Gasteiger charge is -2.18. The Hall–Kier alpha value is -1.35. The molecule has 1 unspecified atom stereocenters. The standard InChI is InChI=1S/C15H18ClFO2/c1-10(2)15(8-14(17)9-19-11(3)18)12-4-6-13(16)7-5-12/h4-8,10,15H,9H2,1-3H3. The number of ether oxygens (including phenoxy) is 1. The van der Waals surface area contributed by atoms with Crippen LogP contribution in [0.2, 0.25) is 5.02 Å². The molecule has 0 amide bonds. The molecule has 0 heterocycles. The van der Waals surface area contributed by atoms with Crippen LogP contribution in [-0.4, -0.2) is 12.6 Å². The van der Waals surface area contributed by atoms with Gasteiger partial charge in [0, 0.05) is 17.9 Å². The predicted molar refractivity (Wildman–Crippen MR) is 74.9 cm³/mol. The van der Waals surface area contributed by atoms with Crippen LogP contribution >= 0.6 is 11.6 Å². The van der Waals surface area contributed by atoms with Crippen molar-refractivity contribution in [3.8, 4) is 0 Å². The van der Waals surface area contributed by atoms with E-state index in [0.29, 0.717) is 5.02 Å². The van der Waals surface area contributed by atoms with Crippen LogP contribution in [-0.2, 0) is 9.53 Å². The van der Waals surface area contributed by atoms with Crippen molar-refractivity contribution in [2.45, 2.75) is 26.7 Å². The summed E-state index contributed by atoms with van der Waals surface area (Å²) in [4.78, 5) is 10.6. The van der Waals surface area contributed by atoms with Crippen molar-refractivity contribution < 1.29 is 13.9 Å². The first-order valence-corrected chi connectivity index (χ1v) is 6.53. The van der Waals surface area contributed by atoms with Gasteiger partial charge in [0.1, 0.15) is 12.4 Å². The molecule has 1 atom stereocenters. The third-order valence-electron chi connectivity index (χ3n) is 2.75. The molecule has 0 spiro atoms. The minimum Gasteiger partial charge on any atom is -0.459 e. The van der Waals surface area contributed by atoms with Crippen molar-refractivity contribution in [2.75, 3.05) is 6.61 Å². The second-order valence-corrected chi connectivity index (χ2v) is 5.15. The summed E-state index contributed by atoms with van der Waals surface area (Å²) in [5, 5.41) is 0.649. The summed E-state index contributed by atoms with van der Waals surface area (Å²) < 4.78 is 18.3. The van der Waals surface area contributed by atoms with Crippen LogP contribution in [0.5, 0.6) is 0 Å². The van der Waals surface area contributed by atoms with Gasteiger partial charge in [-0.25, -0.2) is 4.39 Å². The summed E-state index contributed by atoms with van der Waals surface area (Å²) >= 11 is 5.84. The van der Waals surface area contributed by atoms with Gasteiger partial charge in [-0.1, -0.05) is 37.6 Å². The Balaban J connectivity index is 2.86. The molecular formula is C15H18ClFO2. The lowest BCUT2D eigenvalue weighted by molar-refractivity contribution is -0.140. The van der Waals surface area contributed by atoms with E-state index in [1.807, 2.05) is 26.0 Å². The van der Waals surface area contributed by atoms with E-state index in [1.54, 1.807) is 12.1 Å². The molecule has 1 aromatic rings. The van der Waals surface area contributed by atoms with E-state index in [2.05, 4.69) is 4.74 Å². The summed E-state index contributed by atoms with van der Waals surface area (Å²) in [6.45, 7) is 4.96. The van der Waals surface area contributed by atoms with Crippen LogP contribution in [0.3, 0.4) is 0 Å². The van der Waals surface area contributed by atoms with Gasteiger partial charge in [0.2, 0.25) is 0 Å². The SMILES string of the molecule is CC(=O)OCC(F)=CC(c1ccc(Cl)cc1)C(C)C. The lowest BCUT2D eigenvalue weighted by Crippen LogP contribution is -2.07. The molecule has 104 valence electrons. The number of hydrogen-bond donors (Lipinski definition) is 0. The van der Waals surface area contributed by atoms with Gasteiger partial charge >= 0.3 is 5.97 Å². The van der Waals surface area contributed by atoms with Crippen molar-refractivity contribution in [1.82, 2.24) is 0 Å². The van der Waals surface area contributed by atoms with E-state index in [9.17, 15) is 9.18 Å². The molecule has 19 heavy (non-hydrogen) atoms. The number of esters is 1. The van der Waals surface area contributed by atoms with E-state index in [1.165, 1.54) is 13.0 Å². The van der Waals surface area contributed by atoms with Crippen molar-refractivity contribution in [3.05, 3.63) is 46.8 Å². The van der Waals surface area contributed by atoms with Crippen LogP contribution in [0, 0.1) is 5.92 Å². The van der Waals surface area contributed by atoms with Crippen LogP contribution in [0.25, 0.3) is 0 Å². The Morgan fingerprint density at radius 1 is 1.37 bits per heavy atom. The number of benzene rings is 1. The third-order valence-corrected chi connectivity index (χ3v) is 3.00. The predicted octanol–water partition coefficient (Wildman–Crippen LogP) is 4.50. The fourth-order valence-corrected chi connectivity index (χ4v) is 1.90. The van der Waals surface area contributed by atoms with Gasteiger partial charge in [-0.05, 0) is 29.7 Å². The Kier molecular flexibility index (Phi) is 6.03. The first-order chi connectivity index (χ1) is 8.90. The van der Waals surface area contributed by atoms with E-state index in [-0.39, 0.29) is 18.4 Å². The maximum Gasteiger partial charge on any atom is 0.303 e. The molecule has 0 fully saturated rings. The minimum atomic E-state index is -0.490. The van der Waals surface area contributed by atoms with E-state index in [4.69, 9.17) is 11.6 Å². The zero-order chi connectivity index (χ0) is 14.4. The van der Waals surface area contributed by atoms with E-state index < -0.39 is 11.8 Å². The second kappa shape index (κ2) is 7.29. The van der Waals surface area contributed by atoms with E-state index >= 15 is 0 Å². The lowest BCUT2D eigenvalue weighted by atomic mass is 9.88. The number of carbonyl (C=O) groups is 1. The van der Waals surface area contributed by atoms with Crippen molar-refractivity contribution in [2.24, 2.45) is 5.92 Å². The number of allylic oxidation sites excluding steroid dienone is 1. The van der Waals surface area contributed by atoms with Gasteiger partial charge in [0.05, 0.1) is 0 Å². The summed E-state index contributed by atoms with van der Waals surface area (Å²) in [6, 6.07) is 7.32. The smallest absolute Gasteiger partial charge is 0.303 e. The molecule has 0 bridgehead atoms. The average molecular weight is 285 g/mol. The number of carbonyl (C=O) groups excluding carboxylic acids is 1. The molecule has 0 radical (unpaired) electrons. The average Bonchev–Trinajstić information content (AvgIpc) is 2.34. The molecule has 0 saturated carbocycles. The van der Waals surface area contributed by atoms with Crippen LogP contribution in [0.4, 0.5) is 4.39 Å². The summed E-state index contributed by atoms with van der Waals surface area (Å²) in [6.07, 6.45) is 1.50. The quantitative estimate of drug-likeness (QED) is 0.744. The summed E-state index contributed by atoms with van der Waals surface area (Å²) in [5.41, 5.74) is 0.984. The van der Waals surface area contributed by atoms with E-state index in [0.717, 1.165) is 5.56 Å². The molecule has 0 aliphatic rings. The summed E-state index contributed by atoms with van der Waals surface area (Å²) in [7, 11) is 0. The minimum absolute atomic E-state index is 0.0761. The molecule has 0 N–H and O–H groups in total. The molecule has 0 aromatic heterocycles. The molecule has 0 aliphatic heterocycles. The fraction of sp³-hybridized carbons (Fsp3) is 0.400. The normalized spacial score (nSPS) is 13.5. The van der Waals surface area contributed by atoms with Gasteiger partial charge in [-0.15, -0.1) is 0 Å². The number of halogens is 2. The van der Waals surface area contributed by atoms with Gasteiger partial charge < -0.3 is 4.74 Å². The van der Waals surface area contributed by atoms with Crippen LogP contribution < -0.4 is 0 Å². The highest BCUT2D eigenvalue weighted by molar-refractivity contribution is 6.30. The molecule has 0 saturated heterocycles. The van der Waals surface area contributed by atoms with Gasteiger partial charge in [0.25, 0.3) is 0 Å². The zero-order valence-corrected chi connectivity index (χ0v) is 12.1. The third kappa shape index (κ3) is 5.43. The molecule has 0 aliphatic carbocycles. The molecule has 1 aromatic carbocycles. The van der Waals surface area contributed by atoms with Crippen molar-refractivity contribution in [3.63, 3.8) is 0 Å². The largest absolute Gasteiger partial charge is 0.459 e. The maximum absolute atomic E-state index is 13.7. The molecule has 4 heteroatoms. The van der Waals surface area contributed by atoms with Gasteiger partial charge in [0.15, 0.2) is 0 Å². The number of rotatable bonds is 5. The Morgan fingerprint density at radius 3 is 2.42 bits per heavy atom. The fourth-order valence-electron chi connectivity index (χ4n) is 1.77. The molecule has 2 nitrogen and oxygen atoms in total. The number of hydrogen-bond acceptors (Lipinski definition) is 2. The van der Waals surface area contributed by atoms with Crippen LogP contribution in [0.15, 0.2) is 36.2 Å². The molecule has 1 rings (SSSR count). The van der Waals surface area contributed by atoms with Crippen molar-refractivity contribution in [1.29, 1.82) is 0 Å². The Morgan fingerprint density at radius 2 is 1.95 bits per heavy atom. The van der Waals surface area contributed by atoms with Crippen LogP contribution in [0.1, 0.15) is 32.3 Å². The van der Waals surface area contributed by atoms with Crippen molar-refractivity contribution >= 4 is 17.6 Å². The molecular weight excluding hydrogens is 267 g/mol. The monoisotopic (exact) mass is 284 g/mol. The topological polar surface area (TPSA) is 26.3 Å². The highest BCUT2D eigenvalue weighted by Gasteiger charge is 2.15. The highest BCUT2D eigenvalue weighted by atomic mass is 35.5. The zero-order valence-electron chi connectivity index (χ0n) is 11.3. The Bertz CT molecular complexity index is 452. The Labute approximate surface area is 118 Å². The first-order valence-electron chi connectivity index (χ1n) is 6.15. The highest BCUT2D eigenvalue weighted by Crippen LogP contribution is 2.28. The second-order valence-electron chi connectivity index (χ2n) is 4.72.